The maximum absolute atomic E-state index is 10.5. The van der Waals surface area contributed by atoms with Crippen molar-refractivity contribution in [3.05, 3.63) is 77.5 Å². The molecule has 3 N–H and O–H groups in total. The molecule has 0 fully saturated rings. The highest BCUT2D eigenvalue weighted by molar-refractivity contribution is 5.77. The van der Waals surface area contributed by atoms with E-state index in [2.05, 4.69) is 23.2 Å². The second kappa shape index (κ2) is 6.06. The van der Waals surface area contributed by atoms with E-state index in [0.717, 1.165) is 22.3 Å². The van der Waals surface area contributed by atoms with Crippen LogP contribution >= 0.6 is 0 Å². The van der Waals surface area contributed by atoms with Crippen LogP contribution < -0.4 is 10.5 Å². The number of hydrogen-bond donors (Lipinski definition) is 2. The van der Waals surface area contributed by atoms with Gasteiger partial charge in [-0.15, -0.1) is 0 Å². The predicted octanol–water partition coefficient (Wildman–Crippen LogP) is 3.67. The molecule has 6 heteroatoms. The molecule has 0 bridgehead atoms. The first kappa shape index (κ1) is 17.7. The van der Waals surface area contributed by atoms with Gasteiger partial charge in [0.15, 0.2) is 5.54 Å². The predicted molar refractivity (Wildman–Crippen MR) is 110 cm³/mol. The number of fused-ring (bicyclic) bond motifs is 4. The number of rotatable bonds is 2. The summed E-state index contributed by atoms with van der Waals surface area (Å²) >= 11 is 0. The van der Waals surface area contributed by atoms with E-state index < -0.39 is 11.1 Å². The Labute approximate surface area is 168 Å². The monoisotopic (exact) mass is 387 g/mol. The van der Waals surface area contributed by atoms with Crippen LogP contribution in [0.25, 0.3) is 11.1 Å². The lowest BCUT2D eigenvalue weighted by atomic mass is 9.80. The van der Waals surface area contributed by atoms with E-state index in [1.165, 1.54) is 0 Å². The normalized spacial score (nSPS) is 19.8. The molecule has 0 unspecified atom stereocenters. The summed E-state index contributed by atoms with van der Waals surface area (Å²) in [5.41, 5.74) is 8.43. The highest BCUT2D eigenvalue weighted by Gasteiger charge is 2.48. The highest BCUT2D eigenvalue weighted by Crippen LogP contribution is 2.51. The molecule has 1 atom stereocenters. The Morgan fingerprint density at radius 2 is 1.83 bits per heavy atom. The van der Waals surface area contributed by atoms with Crippen LogP contribution in [0, 0.1) is 0 Å². The van der Waals surface area contributed by atoms with Crippen molar-refractivity contribution in [2.45, 2.75) is 25.0 Å². The average molecular weight is 387 g/mol. The molecule has 5 rings (SSSR count). The number of hydrogen-bond acceptors (Lipinski definition) is 6. The Hall–Kier alpha value is -3.38. The highest BCUT2D eigenvalue weighted by atomic mass is 16.5. The summed E-state index contributed by atoms with van der Waals surface area (Å²) in [6, 6.07) is 18.1. The summed E-state index contributed by atoms with van der Waals surface area (Å²) in [5.74, 6) is 1.11. The molecule has 2 aliphatic heterocycles. The van der Waals surface area contributed by atoms with E-state index in [1.54, 1.807) is 20.0 Å². The van der Waals surface area contributed by atoms with E-state index in [1.807, 2.05) is 36.4 Å². The zero-order chi connectivity index (χ0) is 20.2. The van der Waals surface area contributed by atoms with Crippen molar-refractivity contribution in [3.63, 3.8) is 0 Å². The number of aromatic nitrogens is 1. The Morgan fingerprint density at radius 1 is 1.03 bits per heavy atom. The Kier molecular flexibility index (Phi) is 3.70. The van der Waals surface area contributed by atoms with Gasteiger partial charge < -0.3 is 20.3 Å². The maximum Gasteiger partial charge on any atom is 0.283 e. The molecule has 3 aromatic rings. The van der Waals surface area contributed by atoms with Crippen LogP contribution in [-0.2, 0) is 15.9 Å². The van der Waals surface area contributed by atoms with Crippen LogP contribution in [-0.4, -0.2) is 22.7 Å². The van der Waals surface area contributed by atoms with Gasteiger partial charge in [0.05, 0.1) is 11.2 Å². The van der Waals surface area contributed by atoms with E-state index >= 15 is 0 Å². The topological polar surface area (TPSA) is 90.0 Å². The second-order valence-electron chi connectivity index (χ2n) is 7.91. The first-order chi connectivity index (χ1) is 13.9. The summed E-state index contributed by atoms with van der Waals surface area (Å²) < 4.78 is 11.7. The minimum absolute atomic E-state index is 0.127. The molecule has 6 nitrogen and oxygen atoms in total. The quantitative estimate of drug-likeness (QED) is 0.700. The van der Waals surface area contributed by atoms with E-state index in [0.29, 0.717) is 17.2 Å². The summed E-state index contributed by atoms with van der Waals surface area (Å²) in [4.78, 5) is 9.15. The molecule has 1 spiro atoms. The Morgan fingerprint density at radius 3 is 2.52 bits per heavy atom. The smallest absolute Gasteiger partial charge is 0.283 e. The van der Waals surface area contributed by atoms with Crippen LogP contribution in [0.15, 0.2) is 65.8 Å². The molecule has 0 aliphatic carbocycles. The molecule has 29 heavy (non-hydrogen) atoms. The fraction of sp³-hybridized carbons (Fsp3) is 0.217. The third kappa shape index (κ3) is 2.76. The zero-order valence-electron chi connectivity index (χ0n) is 16.2. The maximum atomic E-state index is 10.5. The van der Waals surface area contributed by atoms with Gasteiger partial charge in [0.25, 0.3) is 6.02 Å². The molecule has 2 aliphatic rings. The third-order valence-corrected chi connectivity index (χ3v) is 5.47. The van der Waals surface area contributed by atoms with Gasteiger partial charge in [0, 0.05) is 17.3 Å². The van der Waals surface area contributed by atoms with Gasteiger partial charge in [-0.1, -0.05) is 36.4 Å². The van der Waals surface area contributed by atoms with Crippen LogP contribution in [0.3, 0.4) is 0 Å². The lowest BCUT2D eigenvalue weighted by Crippen LogP contribution is -2.32. The fourth-order valence-electron chi connectivity index (χ4n) is 3.87. The van der Waals surface area contributed by atoms with E-state index in [4.69, 9.17) is 20.2 Å². The standard InChI is InChI=1S/C23H21N3O3/c1-22(2,27)16-11-18-20(25-12-16)29-19-9-8-15(14-6-4-3-5-7-14)10-17(19)23(18)13-28-21(24)26-23/h3-12,27H,13H2,1-2H3,(H2,24,26)/t23-/m0/s1. The number of benzene rings is 2. The first-order valence-electron chi connectivity index (χ1n) is 9.46. The average Bonchev–Trinajstić information content (AvgIpc) is 3.10. The molecule has 0 saturated heterocycles. The molecule has 3 heterocycles. The van der Waals surface area contributed by atoms with Crippen LogP contribution in [0.4, 0.5) is 0 Å². The minimum atomic E-state index is -1.05. The number of nitrogens with two attached hydrogens (primary N) is 1. The largest absolute Gasteiger partial charge is 0.462 e. The number of amidine groups is 1. The molecule has 2 aromatic carbocycles. The fourth-order valence-corrected chi connectivity index (χ4v) is 3.87. The van der Waals surface area contributed by atoms with Gasteiger partial charge in [-0.2, -0.15) is 0 Å². The third-order valence-electron chi connectivity index (χ3n) is 5.47. The van der Waals surface area contributed by atoms with Crippen molar-refractivity contribution in [2.24, 2.45) is 10.7 Å². The van der Waals surface area contributed by atoms with Crippen LogP contribution in [0.5, 0.6) is 11.6 Å². The van der Waals surface area contributed by atoms with E-state index in [9.17, 15) is 5.11 Å². The number of nitrogens with zero attached hydrogens (tertiary/aromatic N) is 2. The van der Waals surface area contributed by atoms with Crippen LogP contribution in [0.2, 0.25) is 0 Å². The van der Waals surface area contributed by atoms with Crippen LogP contribution in [0.1, 0.15) is 30.5 Å². The Balaban J connectivity index is 1.74. The summed E-state index contributed by atoms with van der Waals surface area (Å²) in [7, 11) is 0. The van der Waals surface area contributed by atoms with Gasteiger partial charge in [-0.05, 0) is 43.2 Å². The molecule has 146 valence electrons. The zero-order valence-corrected chi connectivity index (χ0v) is 16.2. The number of pyridine rings is 1. The van der Waals surface area contributed by atoms with Crippen molar-refractivity contribution in [1.82, 2.24) is 4.98 Å². The van der Waals surface area contributed by atoms with Crippen molar-refractivity contribution < 1.29 is 14.6 Å². The van der Waals surface area contributed by atoms with Crippen molar-refractivity contribution in [2.75, 3.05) is 6.61 Å². The second-order valence-corrected chi connectivity index (χ2v) is 7.91. The number of aliphatic imine (C=N–C) groups is 1. The molecular formula is C23H21N3O3. The van der Waals surface area contributed by atoms with Crippen molar-refractivity contribution >= 4 is 6.02 Å². The molecule has 0 amide bonds. The molecular weight excluding hydrogens is 366 g/mol. The number of ether oxygens (including phenoxy) is 2. The summed E-state index contributed by atoms with van der Waals surface area (Å²) in [5, 5.41) is 10.5. The van der Waals surface area contributed by atoms with Crippen molar-refractivity contribution in [1.29, 1.82) is 0 Å². The van der Waals surface area contributed by atoms with Gasteiger partial charge in [-0.25, -0.2) is 9.98 Å². The SMILES string of the molecule is CC(C)(O)c1cnc2c(c1)[C@]1(COC(N)=N1)c1cc(-c3ccccc3)ccc1O2. The summed E-state index contributed by atoms with van der Waals surface area (Å²) in [6.07, 6.45) is 1.62. The Bertz CT molecular complexity index is 1140. The van der Waals surface area contributed by atoms with Gasteiger partial charge in [0.2, 0.25) is 5.88 Å². The molecule has 0 radical (unpaired) electrons. The molecule has 1 aromatic heterocycles. The van der Waals surface area contributed by atoms with E-state index in [-0.39, 0.29) is 12.6 Å². The van der Waals surface area contributed by atoms with Gasteiger partial charge >= 0.3 is 0 Å². The number of aliphatic hydroxyl groups is 1. The lowest BCUT2D eigenvalue weighted by Gasteiger charge is -2.34. The minimum Gasteiger partial charge on any atom is -0.462 e. The first-order valence-corrected chi connectivity index (χ1v) is 9.46. The summed E-state index contributed by atoms with van der Waals surface area (Å²) in [6.45, 7) is 3.69. The van der Waals surface area contributed by atoms with Crippen molar-refractivity contribution in [3.8, 4) is 22.8 Å². The molecule has 0 saturated carbocycles. The lowest BCUT2D eigenvalue weighted by molar-refractivity contribution is 0.0778. The van der Waals surface area contributed by atoms with Gasteiger partial charge in [0.1, 0.15) is 12.4 Å². The van der Waals surface area contributed by atoms with Gasteiger partial charge in [-0.3, -0.25) is 0 Å².